The standard InChI is InChI=1S/C14H20ClN3O3/c1-10-9-11(15)3-4-12(10)14(19)18(7-8-21-2)6-5-13(16)17-20/h3-4,9,20H,5-8H2,1-2H3,(H2,16,17). The summed E-state index contributed by atoms with van der Waals surface area (Å²) < 4.78 is 5.01. The summed E-state index contributed by atoms with van der Waals surface area (Å²) in [5.74, 6) is -0.0509. The number of hydrogen-bond donors (Lipinski definition) is 2. The molecule has 0 saturated heterocycles. The Balaban J connectivity index is 2.87. The third kappa shape index (κ3) is 5.24. The number of rotatable bonds is 7. The molecule has 0 aliphatic heterocycles. The van der Waals surface area contributed by atoms with Crippen molar-refractivity contribution in [3.8, 4) is 0 Å². The third-order valence-electron chi connectivity index (χ3n) is 3.04. The lowest BCUT2D eigenvalue weighted by molar-refractivity contribution is 0.0700. The Kier molecular flexibility index (Phi) is 6.98. The smallest absolute Gasteiger partial charge is 0.254 e. The molecule has 0 fully saturated rings. The third-order valence-corrected chi connectivity index (χ3v) is 3.27. The minimum absolute atomic E-state index is 0.0815. The summed E-state index contributed by atoms with van der Waals surface area (Å²) in [5.41, 5.74) is 6.83. The average molecular weight is 314 g/mol. The fourth-order valence-corrected chi connectivity index (χ4v) is 2.08. The first-order chi connectivity index (χ1) is 9.99. The van der Waals surface area contributed by atoms with Gasteiger partial charge in [-0.15, -0.1) is 0 Å². The molecule has 0 radical (unpaired) electrons. The summed E-state index contributed by atoms with van der Waals surface area (Å²) in [6.07, 6.45) is 0.290. The minimum Gasteiger partial charge on any atom is -0.409 e. The van der Waals surface area contributed by atoms with Gasteiger partial charge in [0.15, 0.2) is 0 Å². The van der Waals surface area contributed by atoms with Gasteiger partial charge in [0.1, 0.15) is 5.84 Å². The molecule has 0 aliphatic carbocycles. The number of hydrogen-bond acceptors (Lipinski definition) is 4. The highest BCUT2D eigenvalue weighted by Crippen LogP contribution is 2.17. The molecule has 1 aromatic rings. The number of benzene rings is 1. The molecule has 116 valence electrons. The van der Waals surface area contributed by atoms with Crippen molar-refractivity contribution in [1.29, 1.82) is 0 Å². The normalized spacial score (nSPS) is 11.5. The van der Waals surface area contributed by atoms with Gasteiger partial charge in [-0.25, -0.2) is 0 Å². The van der Waals surface area contributed by atoms with Crippen molar-refractivity contribution in [3.63, 3.8) is 0 Å². The predicted molar refractivity (Wildman–Crippen MR) is 82.0 cm³/mol. The van der Waals surface area contributed by atoms with Crippen molar-refractivity contribution in [3.05, 3.63) is 34.3 Å². The van der Waals surface area contributed by atoms with E-state index >= 15 is 0 Å². The highest BCUT2D eigenvalue weighted by Gasteiger charge is 2.18. The first-order valence-electron chi connectivity index (χ1n) is 6.50. The van der Waals surface area contributed by atoms with Gasteiger partial charge in [-0.2, -0.15) is 0 Å². The largest absolute Gasteiger partial charge is 0.409 e. The lowest BCUT2D eigenvalue weighted by Crippen LogP contribution is -2.36. The number of methoxy groups -OCH3 is 1. The van der Waals surface area contributed by atoms with E-state index in [1.54, 1.807) is 30.2 Å². The summed E-state index contributed by atoms with van der Waals surface area (Å²) in [5, 5.41) is 12.1. The highest BCUT2D eigenvalue weighted by molar-refractivity contribution is 6.30. The molecule has 7 heteroatoms. The lowest BCUT2D eigenvalue weighted by atomic mass is 10.1. The van der Waals surface area contributed by atoms with Crippen LogP contribution in [0, 0.1) is 6.92 Å². The monoisotopic (exact) mass is 313 g/mol. The second-order valence-corrected chi connectivity index (χ2v) is 5.02. The number of amidine groups is 1. The Labute approximate surface area is 129 Å². The number of oxime groups is 1. The molecule has 0 heterocycles. The summed E-state index contributed by atoms with van der Waals surface area (Å²) >= 11 is 5.90. The molecule has 0 unspecified atom stereocenters. The van der Waals surface area contributed by atoms with E-state index < -0.39 is 0 Å². The maximum absolute atomic E-state index is 12.6. The van der Waals surface area contributed by atoms with E-state index in [1.165, 1.54) is 0 Å². The summed E-state index contributed by atoms with van der Waals surface area (Å²) in [6.45, 7) is 3.02. The molecule has 3 N–H and O–H groups in total. The number of ether oxygens (including phenoxy) is 1. The number of carbonyl (C=O) groups is 1. The van der Waals surface area contributed by atoms with Crippen LogP contribution in [0.3, 0.4) is 0 Å². The first kappa shape index (κ1) is 17.3. The zero-order chi connectivity index (χ0) is 15.8. The molecule has 6 nitrogen and oxygen atoms in total. The van der Waals surface area contributed by atoms with Gasteiger partial charge in [-0.3, -0.25) is 4.79 Å². The van der Waals surface area contributed by atoms with Gasteiger partial charge in [0, 0.05) is 37.2 Å². The zero-order valence-electron chi connectivity index (χ0n) is 12.2. The molecular weight excluding hydrogens is 294 g/mol. The second kappa shape index (κ2) is 8.49. The van der Waals surface area contributed by atoms with Gasteiger partial charge >= 0.3 is 0 Å². The SMILES string of the molecule is COCCN(CC/C(N)=N/O)C(=O)c1ccc(Cl)cc1C. The quantitative estimate of drug-likeness (QED) is 0.348. The van der Waals surface area contributed by atoms with Gasteiger partial charge < -0.3 is 20.6 Å². The molecule has 0 aromatic heterocycles. The summed E-state index contributed by atoms with van der Waals surface area (Å²) in [7, 11) is 1.57. The highest BCUT2D eigenvalue weighted by atomic mass is 35.5. The molecule has 1 aromatic carbocycles. The van der Waals surface area contributed by atoms with Crippen molar-refractivity contribution in [2.45, 2.75) is 13.3 Å². The molecule has 0 bridgehead atoms. The fraction of sp³-hybridized carbons (Fsp3) is 0.429. The van der Waals surface area contributed by atoms with E-state index in [1.807, 2.05) is 6.92 Å². The molecule has 0 atom stereocenters. The topological polar surface area (TPSA) is 88.2 Å². The van der Waals surface area contributed by atoms with Crippen LogP contribution in [0.5, 0.6) is 0 Å². The number of halogens is 1. The lowest BCUT2D eigenvalue weighted by Gasteiger charge is -2.23. The van der Waals surface area contributed by atoms with Crippen LogP contribution in [-0.4, -0.2) is 48.7 Å². The van der Waals surface area contributed by atoms with Gasteiger partial charge in [-0.1, -0.05) is 16.8 Å². The van der Waals surface area contributed by atoms with Crippen LogP contribution < -0.4 is 5.73 Å². The van der Waals surface area contributed by atoms with E-state index in [0.29, 0.717) is 36.7 Å². The van der Waals surface area contributed by atoms with Crippen molar-refractivity contribution >= 4 is 23.3 Å². The number of amides is 1. The molecule has 0 saturated carbocycles. The van der Waals surface area contributed by atoms with Crippen LogP contribution in [0.2, 0.25) is 5.02 Å². The Morgan fingerprint density at radius 3 is 2.76 bits per heavy atom. The number of aryl methyl sites for hydroxylation is 1. The minimum atomic E-state index is -0.132. The predicted octanol–water partition coefficient (Wildman–Crippen LogP) is 1.87. The number of carbonyl (C=O) groups excluding carboxylic acids is 1. The molecule has 0 spiro atoms. The van der Waals surface area contributed by atoms with Crippen molar-refractivity contribution in [1.82, 2.24) is 4.90 Å². The van der Waals surface area contributed by atoms with Crippen LogP contribution in [-0.2, 0) is 4.74 Å². The van der Waals surface area contributed by atoms with Gasteiger partial charge in [0.25, 0.3) is 5.91 Å². The summed E-state index contributed by atoms with van der Waals surface area (Å²) in [4.78, 5) is 14.2. The zero-order valence-corrected chi connectivity index (χ0v) is 12.9. The maximum atomic E-state index is 12.6. The molecular formula is C14H20ClN3O3. The van der Waals surface area contributed by atoms with Gasteiger partial charge in [-0.05, 0) is 30.7 Å². The Morgan fingerprint density at radius 1 is 1.48 bits per heavy atom. The van der Waals surface area contributed by atoms with Crippen LogP contribution in [0.1, 0.15) is 22.3 Å². The van der Waals surface area contributed by atoms with E-state index in [-0.39, 0.29) is 11.7 Å². The molecule has 1 rings (SSSR count). The van der Waals surface area contributed by atoms with Crippen molar-refractivity contribution in [2.24, 2.45) is 10.9 Å². The number of nitrogens with zero attached hydrogens (tertiary/aromatic N) is 2. The molecule has 21 heavy (non-hydrogen) atoms. The van der Waals surface area contributed by atoms with Crippen LogP contribution in [0.25, 0.3) is 0 Å². The van der Waals surface area contributed by atoms with E-state index in [0.717, 1.165) is 5.56 Å². The van der Waals surface area contributed by atoms with Crippen LogP contribution in [0.15, 0.2) is 23.4 Å². The van der Waals surface area contributed by atoms with Crippen LogP contribution >= 0.6 is 11.6 Å². The van der Waals surface area contributed by atoms with Gasteiger partial charge in [0.05, 0.1) is 6.61 Å². The van der Waals surface area contributed by atoms with E-state index in [2.05, 4.69) is 5.16 Å². The molecule has 1 amide bonds. The van der Waals surface area contributed by atoms with Crippen LogP contribution in [0.4, 0.5) is 0 Å². The van der Waals surface area contributed by atoms with E-state index in [4.69, 9.17) is 27.3 Å². The maximum Gasteiger partial charge on any atom is 0.254 e. The second-order valence-electron chi connectivity index (χ2n) is 4.59. The first-order valence-corrected chi connectivity index (χ1v) is 6.88. The average Bonchev–Trinajstić information content (AvgIpc) is 2.46. The Morgan fingerprint density at radius 2 is 2.19 bits per heavy atom. The number of nitrogens with two attached hydrogens (primary N) is 1. The summed E-state index contributed by atoms with van der Waals surface area (Å²) in [6, 6.07) is 5.12. The Hall–Kier alpha value is -1.79. The van der Waals surface area contributed by atoms with Crippen molar-refractivity contribution in [2.75, 3.05) is 26.8 Å². The fourth-order valence-electron chi connectivity index (χ4n) is 1.85. The van der Waals surface area contributed by atoms with Crippen molar-refractivity contribution < 1.29 is 14.7 Å². The van der Waals surface area contributed by atoms with E-state index in [9.17, 15) is 4.79 Å². The Bertz CT molecular complexity index is 520. The molecule has 0 aliphatic rings. The van der Waals surface area contributed by atoms with Gasteiger partial charge in [0.2, 0.25) is 0 Å².